The number of halogens is 1. The number of carboxylic acids is 1. The lowest BCUT2D eigenvalue weighted by Crippen LogP contribution is -2.53. The number of hydrazone groups is 1. The number of hydrogen-bond acceptors (Lipinski definition) is 5. The summed E-state index contributed by atoms with van der Waals surface area (Å²) in [6.45, 7) is 3.14. The zero-order valence-corrected chi connectivity index (χ0v) is 11.8. The highest BCUT2D eigenvalue weighted by atomic mass is 19.1. The first-order valence-electron chi connectivity index (χ1n) is 6.28. The van der Waals surface area contributed by atoms with Gasteiger partial charge < -0.3 is 9.84 Å². The first kappa shape index (κ1) is 15.0. The molecule has 2 atom stereocenters. The Kier molecular flexibility index (Phi) is 3.67. The summed E-state index contributed by atoms with van der Waals surface area (Å²) in [7, 11) is 1.22. The zero-order chi connectivity index (χ0) is 15.8. The van der Waals surface area contributed by atoms with Gasteiger partial charge in [0, 0.05) is 5.92 Å². The maximum Gasteiger partial charge on any atom is 0.352 e. The average Bonchev–Trinajstić information content (AvgIpc) is 2.73. The molecule has 21 heavy (non-hydrogen) atoms. The Morgan fingerprint density at radius 3 is 2.43 bits per heavy atom. The van der Waals surface area contributed by atoms with E-state index < -0.39 is 29.2 Å². The van der Waals surface area contributed by atoms with E-state index in [-0.39, 0.29) is 5.71 Å². The van der Waals surface area contributed by atoms with E-state index in [1.54, 1.807) is 13.8 Å². The summed E-state index contributed by atoms with van der Waals surface area (Å²) in [4.78, 5) is 23.4. The van der Waals surface area contributed by atoms with Crippen LogP contribution in [0.4, 0.5) is 10.1 Å². The normalized spacial score (nSPS) is 24.7. The molecule has 0 bridgehead atoms. The van der Waals surface area contributed by atoms with E-state index in [2.05, 4.69) is 5.10 Å². The molecule has 1 aliphatic heterocycles. The van der Waals surface area contributed by atoms with Crippen LogP contribution in [0.2, 0.25) is 0 Å². The number of carbonyl (C=O) groups excluding carboxylic acids is 1. The summed E-state index contributed by atoms with van der Waals surface area (Å²) in [5, 5.41) is 14.5. The number of benzene rings is 1. The minimum Gasteiger partial charge on any atom is -0.477 e. The summed E-state index contributed by atoms with van der Waals surface area (Å²) in [6, 6.07) is 5.28. The molecule has 1 aromatic rings. The number of anilines is 1. The average molecular weight is 294 g/mol. The number of aliphatic carboxylic acids is 1. The highest BCUT2D eigenvalue weighted by molar-refractivity contribution is 6.38. The van der Waals surface area contributed by atoms with Crippen LogP contribution in [-0.4, -0.2) is 35.4 Å². The second-order valence-corrected chi connectivity index (χ2v) is 4.94. The molecule has 0 aliphatic carbocycles. The number of esters is 1. The van der Waals surface area contributed by atoms with Gasteiger partial charge in [0.1, 0.15) is 5.82 Å². The Bertz CT molecular complexity index is 614. The summed E-state index contributed by atoms with van der Waals surface area (Å²) in [5.74, 6) is -2.94. The third kappa shape index (κ3) is 2.24. The third-order valence-corrected chi connectivity index (χ3v) is 3.79. The van der Waals surface area contributed by atoms with Crippen LogP contribution < -0.4 is 5.01 Å². The van der Waals surface area contributed by atoms with Crippen LogP contribution >= 0.6 is 0 Å². The van der Waals surface area contributed by atoms with Gasteiger partial charge in [0.25, 0.3) is 0 Å². The van der Waals surface area contributed by atoms with E-state index in [1.165, 1.54) is 36.4 Å². The van der Waals surface area contributed by atoms with Crippen molar-refractivity contribution in [3.63, 3.8) is 0 Å². The van der Waals surface area contributed by atoms with Gasteiger partial charge in [-0.25, -0.2) is 19.0 Å². The summed E-state index contributed by atoms with van der Waals surface area (Å²) < 4.78 is 17.8. The van der Waals surface area contributed by atoms with Crippen LogP contribution in [0.25, 0.3) is 0 Å². The molecular weight excluding hydrogens is 279 g/mol. The predicted octanol–water partition coefficient (Wildman–Crippen LogP) is 1.65. The highest BCUT2D eigenvalue weighted by Crippen LogP contribution is 2.38. The van der Waals surface area contributed by atoms with Crippen molar-refractivity contribution >= 4 is 23.3 Å². The Morgan fingerprint density at radius 2 is 1.95 bits per heavy atom. The van der Waals surface area contributed by atoms with Crippen molar-refractivity contribution in [3.8, 4) is 0 Å². The van der Waals surface area contributed by atoms with Crippen LogP contribution in [0, 0.1) is 11.7 Å². The Balaban J connectivity index is 2.55. The van der Waals surface area contributed by atoms with Crippen molar-refractivity contribution in [2.24, 2.45) is 11.0 Å². The lowest BCUT2D eigenvalue weighted by molar-refractivity contribution is -0.147. The van der Waals surface area contributed by atoms with Gasteiger partial charge >= 0.3 is 11.9 Å². The summed E-state index contributed by atoms with van der Waals surface area (Å²) in [6.07, 6.45) is 0. The van der Waals surface area contributed by atoms with Crippen LogP contribution in [0.3, 0.4) is 0 Å². The minimum absolute atomic E-state index is 0.146. The minimum atomic E-state index is -1.31. The standard InChI is InChI=1S/C14H15FN2O4/c1-8-11(12(18)19)16-17(14(8,2)13(20)21-3)10-6-4-9(15)5-7-10/h4-8H,1-3H3,(H,18,19). The Labute approximate surface area is 120 Å². The molecule has 0 saturated heterocycles. The lowest BCUT2D eigenvalue weighted by atomic mass is 9.84. The van der Waals surface area contributed by atoms with Crippen LogP contribution in [0.1, 0.15) is 13.8 Å². The SMILES string of the molecule is COC(=O)C1(C)C(C)C(C(=O)O)=NN1c1ccc(F)cc1. The molecule has 2 unspecified atom stereocenters. The van der Waals surface area contributed by atoms with Crippen molar-refractivity contribution in [1.29, 1.82) is 0 Å². The van der Waals surface area contributed by atoms with Crippen molar-refractivity contribution < 1.29 is 23.8 Å². The number of ether oxygens (including phenoxy) is 1. The van der Waals surface area contributed by atoms with Crippen LogP contribution in [0.15, 0.2) is 29.4 Å². The maximum absolute atomic E-state index is 13.0. The van der Waals surface area contributed by atoms with Crippen LogP contribution in [0.5, 0.6) is 0 Å². The molecule has 2 rings (SSSR count). The van der Waals surface area contributed by atoms with Gasteiger partial charge in [0.2, 0.25) is 0 Å². The van der Waals surface area contributed by atoms with Gasteiger partial charge in [-0.1, -0.05) is 6.92 Å². The molecule has 1 heterocycles. The molecule has 1 N–H and O–H groups in total. The van der Waals surface area contributed by atoms with Gasteiger partial charge in [0.15, 0.2) is 11.3 Å². The van der Waals surface area contributed by atoms with Crippen molar-refractivity contribution in [2.75, 3.05) is 12.1 Å². The molecular formula is C14H15FN2O4. The number of carboxylic acid groups (broad SMARTS) is 1. The molecule has 0 fully saturated rings. The van der Waals surface area contributed by atoms with Gasteiger partial charge in [-0.15, -0.1) is 0 Å². The monoisotopic (exact) mass is 294 g/mol. The smallest absolute Gasteiger partial charge is 0.352 e. The fraction of sp³-hybridized carbons (Fsp3) is 0.357. The first-order valence-corrected chi connectivity index (χ1v) is 6.28. The Hall–Kier alpha value is -2.44. The molecule has 0 saturated carbocycles. The Morgan fingerprint density at radius 1 is 1.38 bits per heavy atom. The van der Waals surface area contributed by atoms with Gasteiger partial charge in [-0.3, -0.25) is 0 Å². The fourth-order valence-corrected chi connectivity index (χ4v) is 2.35. The quantitative estimate of drug-likeness (QED) is 0.858. The molecule has 0 radical (unpaired) electrons. The number of hydrogen-bond donors (Lipinski definition) is 1. The molecule has 0 amide bonds. The number of methoxy groups -OCH3 is 1. The van der Waals surface area contributed by atoms with E-state index in [4.69, 9.17) is 4.74 Å². The molecule has 7 heteroatoms. The maximum atomic E-state index is 13.0. The predicted molar refractivity (Wildman–Crippen MR) is 73.5 cm³/mol. The van der Waals surface area contributed by atoms with Crippen molar-refractivity contribution in [2.45, 2.75) is 19.4 Å². The fourth-order valence-electron chi connectivity index (χ4n) is 2.35. The summed E-state index contributed by atoms with van der Waals surface area (Å²) >= 11 is 0. The molecule has 112 valence electrons. The van der Waals surface area contributed by atoms with E-state index in [9.17, 15) is 19.1 Å². The number of rotatable bonds is 3. The summed E-state index contributed by atoms with van der Waals surface area (Å²) in [5.41, 5.74) is -1.04. The second kappa shape index (κ2) is 5.16. The van der Waals surface area contributed by atoms with Gasteiger partial charge in [0.05, 0.1) is 12.8 Å². The third-order valence-electron chi connectivity index (χ3n) is 3.79. The lowest BCUT2D eigenvalue weighted by Gasteiger charge is -2.34. The first-order chi connectivity index (χ1) is 9.82. The van der Waals surface area contributed by atoms with E-state index in [0.29, 0.717) is 5.69 Å². The van der Waals surface area contributed by atoms with Crippen molar-refractivity contribution in [1.82, 2.24) is 0 Å². The number of nitrogens with zero attached hydrogens (tertiary/aromatic N) is 2. The van der Waals surface area contributed by atoms with Crippen LogP contribution in [-0.2, 0) is 14.3 Å². The molecule has 6 nitrogen and oxygen atoms in total. The van der Waals surface area contributed by atoms with E-state index >= 15 is 0 Å². The topological polar surface area (TPSA) is 79.2 Å². The van der Waals surface area contributed by atoms with Gasteiger partial charge in [-0.2, -0.15) is 5.10 Å². The van der Waals surface area contributed by atoms with E-state index in [1.807, 2.05) is 0 Å². The molecule has 0 aromatic heterocycles. The van der Waals surface area contributed by atoms with Crippen molar-refractivity contribution in [3.05, 3.63) is 30.1 Å². The molecule has 0 spiro atoms. The largest absolute Gasteiger partial charge is 0.477 e. The molecule has 1 aliphatic rings. The molecule has 1 aromatic carbocycles. The van der Waals surface area contributed by atoms with Gasteiger partial charge in [-0.05, 0) is 31.2 Å². The second-order valence-electron chi connectivity index (χ2n) is 4.94. The number of carbonyl (C=O) groups is 2. The van der Waals surface area contributed by atoms with E-state index in [0.717, 1.165) is 0 Å². The highest BCUT2D eigenvalue weighted by Gasteiger charge is 2.54. The zero-order valence-electron chi connectivity index (χ0n) is 11.8.